The fourth-order valence-corrected chi connectivity index (χ4v) is 1.34. The van der Waals surface area contributed by atoms with Gasteiger partial charge in [0.25, 0.3) is 5.56 Å². The fraction of sp³-hybridized carbons (Fsp3) is 0.556. The molecule has 1 rings (SSSR count). The quantitative estimate of drug-likeness (QED) is 0.591. The van der Waals surface area contributed by atoms with Crippen molar-refractivity contribution in [1.82, 2.24) is 9.97 Å². The van der Waals surface area contributed by atoms with E-state index in [1.807, 2.05) is 0 Å². The number of aromatic amines is 1. The Kier molecular flexibility index (Phi) is 3.64. The average molecular weight is 197 g/mol. The van der Waals surface area contributed by atoms with E-state index in [2.05, 4.69) is 9.97 Å². The summed E-state index contributed by atoms with van der Waals surface area (Å²) in [5, 5.41) is 8.61. The Hall–Kier alpha value is -1.36. The molecule has 5 nitrogen and oxygen atoms in total. The summed E-state index contributed by atoms with van der Waals surface area (Å²) in [6, 6.07) is 0. The van der Waals surface area contributed by atoms with Gasteiger partial charge in [0, 0.05) is 17.9 Å². The minimum atomic E-state index is -0.173. The summed E-state index contributed by atoms with van der Waals surface area (Å²) in [6.07, 6.45) is 2.12. The van der Waals surface area contributed by atoms with E-state index in [9.17, 15) is 4.79 Å². The lowest BCUT2D eigenvalue weighted by Crippen LogP contribution is -2.18. The Morgan fingerprint density at radius 1 is 1.50 bits per heavy atom. The predicted octanol–water partition coefficient (Wildman–Crippen LogP) is -0.0245. The second-order valence-corrected chi connectivity index (χ2v) is 3.20. The van der Waals surface area contributed by atoms with Gasteiger partial charge in [0.1, 0.15) is 0 Å². The number of hydrogen-bond acceptors (Lipinski definition) is 4. The molecule has 1 heterocycles. The smallest absolute Gasteiger partial charge is 0.255 e. The number of nitrogen functional groups attached to an aromatic ring is 1. The number of hydrogen-bond donors (Lipinski definition) is 3. The van der Waals surface area contributed by atoms with Gasteiger partial charge >= 0.3 is 0 Å². The van der Waals surface area contributed by atoms with Crippen molar-refractivity contribution in [2.45, 2.75) is 26.2 Å². The lowest BCUT2D eigenvalue weighted by atomic mass is 10.1. The summed E-state index contributed by atoms with van der Waals surface area (Å²) in [5.74, 6) is 0.151. The molecule has 4 N–H and O–H groups in total. The zero-order valence-electron chi connectivity index (χ0n) is 8.21. The number of aliphatic hydroxyl groups is 1. The number of aliphatic hydroxyl groups excluding tert-OH is 1. The Balaban J connectivity index is 2.81. The molecule has 0 unspecified atom stereocenters. The van der Waals surface area contributed by atoms with Gasteiger partial charge in [-0.15, -0.1) is 0 Å². The lowest BCUT2D eigenvalue weighted by Gasteiger charge is -2.03. The maximum atomic E-state index is 11.4. The highest BCUT2D eigenvalue weighted by molar-refractivity contribution is 5.24. The summed E-state index contributed by atoms with van der Waals surface area (Å²) in [7, 11) is 0. The molecule has 0 aliphatic carbocycles. The molecule has 5 heteroatoms. The number of aryl methyl sites for hydroxylation is 1. The van der Waals surface area contributed by atoms with Crippen LogP contribution in [0.2, 0.25) is 0 Å². The zero-order chi connectivity index (χ0) is 10.6. The molecule has 0 spiro atoms. The first-order valence-electron chi connectivity index (χ1n) is 4.61. The Bertz CT molecular complexity index is 360. The van der Waals surface area contributed by atoms with Crippen LogP contribution in [0.3, 0.4) is 0 Å². The van der Waals surface area contributed by atoms with E-state index in [4.69, 9.17) is 10.8 Å². The van der Waals surface area contributed by atoms with Crippen molar-refractivity contribution in [2.75, 3.05) is 12.3 Å². The third-order valence-electron chi connectivity index (χ3n) is 2.08. The second-order valence-electron chi connectivity index (χ2n) is 3.20. The standard InChI is InChI=1S/C9H15N3O2/c1-6-7(4-2-3-5-13)8(14)12-9(10)11-6/h13H,2-5H2,1H3,(H3,10,11,12,14). The molecule has 0 bridgehead atoms. The SMILES string of the molecule is Cc1nc(N)[nH]c(=O)c1CCCCO. The van der Waals surface area contributed by atoms with E-state index < -0.39 is 0 Å². The Morgan fingerprint density at radius 3 is 2.79 bits per heavy atom. The molecule has 0 radical (unpaired) electrons. The van der Waals surface area contributed by atoms with Crippen molar-refractivity contribution < 1.29 is 5.11 Å². The van der Waals surface area contributed by atoms with Crippen LogP contribution in [0.5, 0.6) is 0 Å². The van der Waals surface area contributed by atoms with E-state index in [-0.39, 0.29) is 18.1 Å². The maximum Gasteiger partial charge on any atom is 0.255 e. The van der Waals surface area contributed by atoms with Gasteiger partial charge in [-0.3, -0.25) is 9.78 Å². The van der Waals surface area contributed by atoms with Gasteiger partial charge in [-0.25, -0.2) is 4.98 Å². The third-order valence-corrected chi connectivity index (χ3v) is 2.08. The minimum absolute atomic E-state index is 0.151. The summed E-state index contributed by atoms with van der Waals surface area (Å²) in [5.41, 5.74) is 6.53. The molecule has 0 amide bonds. The largest absolute Gasteiger partial charge is 0.396 e. The van der Waals surface area contributed by atoms with Crippen LogP contribution in [0.1, 0.15) is 24.1 Å². The van der Waals surface area contributed by atoms with Gasteiger partial charge in [-0.1, -0.05) is 0 Å². The molecular formula is C9H15N3O2. The van der Waals surface area contributed by atoms with Gasteiger partial charge in [0.15, 0.2) is 0 Å². The fourth-order valence-electron chi connectivity index (χ4n) is 1.34. The zero-order valence-corrected chi connectivity index (χ0v) is 8.21. The van der Waals surface area contributed by atoms with Gasteiger partial charge in [-0.05, 0) is 26.2 Å². The molecule has 0 saturated carbocycles. The van der Waals surface area contributed by atoms with Gasteiger partial charge in [0.2, 0.25) is 5.95 Å². The Labute approximate surface area is 82.0 Å². The molecule has 0 aliphatic heterocycles. The number of nitrogens with zero attached hydrogens (tertiary/aromatic N) is 1. The summed E-state index contributed by atoms with van der Waals surface area (Å²) in [6.45, 7) is 1.92. The van der Waals surface area contributed by atoms with Gasteiger partial charge in [0.05, 0.1) is 0 Å². The number of anilines is 1. The van der Waals surface area contributed by atoms with Crippen LogP contribution in [0.25, 0.3) is 0 Å². The number of nitrogens with two attached hydrogens (primary N) is 1. The topological polar surface area (TPSA) is 92.0 Å². The van der Waals surface area contributed by atoms with Crippen LogP contribution < -0.4 is 11.3 Å². The number of aromatic nitrogens is 2. The first-order chi connectivity index (χ1) is 6.65. The van der Waals surface area contributed by atoms with Crippen molar-refractivity contribution >= 4 is 5.95 Å². The van der Waals surface area contributed by atoms with Crippen LogP contribution in [0.4, 0.5) is 5.95 Å². The molecule has 1 aromatic heterocycles. The molecule has 0 atom stereocenters. The van der Waals surface area contributed by atoms with Crippen LogP contribution in [0, 0.1) is 6.92 Å². The predicted molar refractivity (Wildman–Crippen MR) is 54.0 cm³/mol. The molecule has 1 aromatic rings. The highest BCUT2D eigenvalue weighted by Gasteiger charge is 2.05. The van der Waals surface area contributed by atoms with Crippen molar-refractivity contribution in [3.8, 4) is 0 Å². The van der Waals surface area contributed by atoms with Crippen LogP contribution in [-0.2, 0) is 6.42 Å². The van der Waals surface area contributed by atoms with E-state index in [1.54, 1.807) is 6.92 Å². The maximum absolute atomic E-state index is 11.4. The Morgan fingerprint density at radius 2 is 2.21 bits per heavy atom. The molecular weight excluding hydrogens is 182 g/mol. The number of rotatable bonds is 4. The number of nitrogens with one attached hydrogen (secondary N) is 1. The first kappa shape index (κ1) is 10.7. The van der Waals surface area contributed by atoms with E-state index in [0.29, 0.717) is 24.1 Å². The van der Waals surface area contributed by atoms with Gasteiger partial charge in [-0.2, -0.15) is 0 Å². The second kappa shape index (κ2) is 4.76. The number of unbranched alkanes of at least 4 members (excludes halogenated alkanes) is 1. The molecule has 14 heavy (non-hydrogen) atoms. The summed E-state index contributed by atoms with van der Waals surface area (Å²) in [4.78, 5) is 17.8. The molecule has 78 valence electrons. The summed E-state index contributed by atoms with van der Waals surface area (Å²) >= 11 is 0. The van der Waals surface area contributed by atoms with Crippen molar-refractivity contribution in [1.29, 1.82) is 0 Å². The van der Waals surface area contributed by atoms with Crippen molar-refractivity contribution in [2.24, 2.45) is 0 Å². The van der Waals surface area contributed by atoms with Crippen molar-refractivity contribution in [3.05, 3.63) is 21.6 Å². The molecule has 0 aromatic carbocycles. The number of H-pyrrole nitrogens is 1. The van der Waals surface area contributed by atoms with E-state index >= 15 is 0 Å². The normalized spacial score (nSPS) is 10.4. The van der Waals surface area contributed by atoms with E-state index in [1.165, 1.54) is 0 Å². The molecule has 0 aliphatic rings. The molecule has 0 saturated heterocycles. The highest BCUT2D eigenvalue weighted by atomic mass is 16.2. The van der Waals surface area contributed by atoms with Crippen LogP contribution in [0.15, 0.2) is 4.79 Å². The summed E-state index contributed by atoms with van der Waals surface area (Å²) < 4.78 is 0. The van der Waals surface area contributed by atoms with Gasteiger partial charge < -0.3 is 10.8 Å². The van der Waals surface area contributed by atoms with Crippen molar-refractivity contribution in [3.63, 3.8) is 0 Å². The third kappa shape index (κ3) is 2.56. The average Bonchev–Trinajstić information content (AvgIpc) is 2.09. The minimum Gasteiger partial charge on any atom is -0.396 e. The van der Waals surface area contributed by atoms with Crippen LogP contribution in [-0.4, -0.2) is 21.7 Å². The highest BCUT2D eigenvalue weighted by Crippen LogP contribution is 2.04. The lowest BCUT2D eigenvalue weighted by molar-refractivity contribution is 0.284. The monoisotopic (exact) mass is 197 g/mol. The van der Waals surface area contributed by atoms with Crippen LogP contribution >= 0.6 is 0 Å². The first-order valence-corrected chi connectivity index (χ1v) is 4.61. The van der Waals surface area contributed by atoms with E-state index in [0.717, 1.165) is 6.42 Å². The molecule has 0 fully saturated rings.